The lowest BCUT2D eigenvalue weighted by Crippen LogP contribution is -2.44. The van der Waals surface area contributed by atoms with Crippen molar-refractivity contribution >= 4 is 28.3 Å². The molecule has 3 rings (SSSR count). The number of likely N-dealkylation sites (N-methyl/N-ethyl adjacent to an activating group) is 1. The lowest BCUT2D eigenvalue weighted by Gasteiger charge is -2.30. The van der Waals surface area contributed by atoms with E-state index in [0.717, 1.165) is 29.9 Å². The van der Waals surface area contributed by atoms with Crippen LogP contribution in [0, 0.1) is 5.92 Å². The highest BCUT2D eigenvalue weighted by Crippen LogP contribution is 2.32. The van der Waals surface area contributed by atoms with Crippen LogP contribution >= 0.6 is 28.3 Å². The molecule has 0 spiro atoms. The summed E-state index contributed by atoms with van der Waals surface area (Å²) in [4.78, 5) is 6.87. The predicted molar refractivity (Wildman–Crippen MR) is 102 cm³/mol. The third-order valence-electron chi connectivity index (χ3n) is 4.21. The number of piperazine rings is 1. The van der Waals surface area contributed by atoms with Crippen molar-refractivity contribution in [3.63, 3.8) is 0 Å². The van der Waals surface area contributed by atoms with Crippen LogP contribution < -0.4 is 10.1 Å². The molecule has 1 aliphatic rings. The normalized spacial score (nSPS) is 19.5. The Kier molecular flexibility index (Phi) is 7.25. The van der Waals surface area contributed by atoms with Gasteiger partial charge < -0.3 is 14.6 Å². The molecule has 25 heavy (non-hydrogen) atoms. The van der Waals surface area contributed by atoms with Crippen molar-refractivity contribution in [2.45, 2.75) is 26.0 Å². The number of aromatic nitrogens is 2. The van der Waals surface area contributed by atoms with E-state index in [1.54, 1.807) is 0 Å². The summed E-state index contributed by atoms with van der Waals surface area (Å²) in [6, 6.07) is 7.91. The number of para-hydroxylation sites is 1. The Hall–Kier alpha value is -1.15. The van der Waals surface area contributed by atoms with Gasteiger partial charge in [0.05, 0.1) is 10.5 Å². The summed E-state index contributed by atoms with van der Waals surface area (Å²) in [5, 5.41) is 7.57. The fourth-order valence-corrected chi connectivity index (χ4v) is 3.12. The molecule has 6 nitrogen and oxygen atoms in total. The van der Waals surface area contributed by atoms with Crippen molar-refractivity contribution in [1.82, 2.24) is 20.4 Å². The molecule has 1 aromatic heterocycles. The zero-order valence-corrected chi connectivity index (χ0v) is 17.0. The van der Waals surface area contributed by atoms with Crippen LogP contribution in [0.1, 0.15) is 37.7 Å². The van der Waals surface area contributed by atoms with Gasteiger partial charge in [0.1, 0.15) is 5.75 Å². The van der Waals surface area contributed by atoms with E-state index in [4.69, 9.17) is 9.26 Å². The Bertz CT molecular complexity index is 682. The largest absolute Gasteiger partial charge is 0.479 e. The maximum Gasteiger partial charge on any atom is 0.268 e. The van der Waals surface area contributed by atoms with Crippen molar-refractivity contribution < 1.29 is 9.26 Å². The summed E-state index contributed by atoms with van der Waals surface area (Å²) in [5.74, 6) is 2.20. The van der Waals surface area contributed by atoms with Crippen LogP contribution in [0.15, 0.2) is 33.3 Å². The molecule has 0 radical (unpaired) electrons. The Labute approximate surface area is 162 Å². The van der Waals surface area contributed by atoms with Gasteiger partial charge in [-0.25, -0.2) is 0 Å². The monoisotopic (exact) mass is 430 g/mol. The molecule has 2 atom stereocenters. The molecule has 1 aliphatic heterocycles. The highest BCUT2D eigenvalue weighted by Gasteiger charge is 2.29. The van der Waals surface area contributed by atoms with E-state index in [9.17, 15) is 0 Å². The topological polar surface area (TPSA) is 63.4 Å². The molecular formula is C17H24BrClN4O2. The van der Waals surface area contributed by atoms with Crippen molar-refractivity contribution in [3.05, 3.63) is 40.5 Å². The number of halogens is 2. The Morgan fingerprint density at radius 1 is 1.36 bits per heavy atom. The zero-order chi connectivity index (χ0) is 17.1. The van der Waals surface area contributed by atoms with Gasteiger partial charge in [0, 0.05) is 19.6 Å². The number of hydrogen-bond donors (Lipinski definition) is 1. The Morgan fingerprint density at radius 3 is 2.80 bits per heavy atom. The fraction of sp³-hybridized carbons (Fsp3) is 0.529. The molecule has 1 N–H and O–H groups in total. The van der Waals surface area contributed by atoms with E-state index in [1.807, 2.05) is 24.3 Å². The van der Waals surface area contributed by atoms with Gasteiger partial charge in [-0.05, 0) is 41.0 Å². The summed E-state index contributed by atoms with van der Waals surface area (Å²) in [6.07, 6.45) is -0.285. The number of ether oxygens (including phenoxy) is 1. The predicted octanol–water partition coefficient (Wildman–Crippen LogP) is 3.61. The number of hydrogen-bond acceptors (Lipinski definition) is 6. The van der Waals surface area contributed by atoms with Crippen molar-refractivity contribution in [2.75, 3.05) is 26.7 Å². The minimum absolute atomic E-state index is 0. The van der Waals surface area contributed by atoms with Gasteiger partial charge >= 0.3 is 0 Å². The van der Waals surface area contributed by atoms with Crippen LogP contribution in [-0.2, 0) is 0 Å². The van der Waals surface area contributed by atoms with E-state index < -0.39 is 0 Å². The molecule has 2 unspecified atom stereocenters. The van der Waals surface area contributed by atoms with Crippen LogP contribution in [0.25, 0.3) is 0 Å². The lowest BCUT2D eigenvalue weighted by molar-refractivity contribution is 0.113. The Balaban J connectivity index is 0.00000225. The maximum atomic E-state index is 6.15. The quantitative estimate of drug-likeness (QED) is 0.780. The van der Waals surface area contributed by atoms with Crippen molar-refractivity contribution in [3.8, 4) is 5.75 Å². The fourth-order valence-electron chi connectivity index (χ4n) is 2.74. The van der Waals surface area contributed by atoms with E-state index in [-0.39, 0.29) is 30.5 Å². The van der Waals surface area contributed by atoms with Crippen LogP contribution in [-0.4, -0.2) is 41.7 Å². The molecule has 1 fully saturated rings. The second kappa shape index (κ2) is 8.98. The third kappa shape index (κ3) is 4.73. The SMILES string of the molecule is CC(C)C(Oc1ccccc1Br)c1nc(C2CNCCN2C)no1.Cl. The van der Waals surface area contributed by atoms with Crippen molar-refractivity contribution in [1.29, 1.82) is 0 Å². The van der Waals surface area contributed by atoms with E-state index in [1.165, 1.54) is 0 Å². The van der Waals surface area contributed by atoms with Gasteiger partial charge in [-0.1, -0.05) is 31.1 Å². The lowest BCUT2D eigenvalue weighted by atomic mass is 10.1. The minimum atomic E-state index is -0.285. The van der Waals surface area contributed by atoms with Crippen LogP contribution in [0.2, 0.25) is 0 Å². The van der Waals surface area contributed by atoms with Gasteiger partial charge in [-0.2, -0.15) is 4.98 Å². The van der Waals surface area contributed by atoms with Crippen LogP contribution in [0.4, 0.5) is 0 Å². The molecule has 1 aromatic carbocycles. The van der Waals surface area contributed by atoms with E-state index in [0.29, 0.717) is 11.7 Å². The van der Waals surface area contributed by atoms with E-state index in [2.05, 4.69) is 57.2 Å². The molecule has 2 aromatic rings. The maximum absolute atomic E-state index is 6.15. The summed E-state index contributed by atoms with van der Waals surface area (Å²) in [5.41, 5.74) is 0. The van der Waals surface area contributed by atoms with Gasteiger partial charge in [0.15, 0.2) is 11.9 Å². The summed E-state index contributed by atoms with van der Waals surface area (Å²) in [7, 11) is 2.08. The number of benzene rings is 1. The van der Waals surface area contributed by atoms with Gasteiger partial charge in [0.2, 0.25) is 0 Å². The standard InChI is InChI=1S/C17H23BrN4O2.ClH/c1-11(2)15(23-14-7-5-4-6-12(14)18)17-20-16(21-24-17)13-10-19-8-9-22(13)3;/h4-7,11,13,15,19H,8-10H2,1-3H3;1H. The molecule has 0 aliphatic carbocycles. The third-order valence-corrected chi connectivity index (χ3v) is 4.86. The summed E-state index contributed by atoms with van der Waals surface area (Å²) in [6.45, 7) is 6.94. The summed E-state index contributed by atoms with van der Waals surface area (Å²) < 4.78 is 12.6. The second-order valence-electron chi connectivity index (χ2n) is 6.40. The molecule has 8 heteroatoms. The van der Waals surface area contributed by atoms with E-state index >= 15 is 0 Å². The smallest absolute Gasteiger partial charge is 0.268 e. The average molecular weight is 432 g/mol. The molecule has 0 amide bonds. The van der Waals surface area contributed by atoms with Crippen LogP contribution in [0.5, 0.6) is 5.75 Å². The minimum Gasteiger partial charge on any atom is -0.479 e. The van der Waals surface area contributed by atoms with Gasteiger partial charge in [0.25, 0.3) is 5.89 Å². The van der Waals surface area contributed by atoms with Gasteiger partial charge in [-0.3, -0.25) is 4.90 Å². The molecule has 2 heterocycles. The number of nitrogens with zero attached hydrogens (tertiary/aromatic N) is 3. The first-order valence-corrected chi connectivity index (χ1v) is 9.01. The Morgan fingerprint density at radius 2 is 2.12 bits per heavy atom. The number of rotatable bonds is 5. The molecular weight excluding hydrogens is 408 g/mol. The molecule has 0 bridgehead atoms. The highest BCUT2D eigenvalue weighted by atomic mass is 79.9. The number of nitrogens with one attached hydrogen (secondary N) is 1. The highest BCUT2D eigenvalue weighted by molar-refractivity contribution is 9.10. The first-order chi connectivity index (χ1) is 11.6. The summed E-state index contributed by atoms with van der Waals surface area (Å²) >= 11 is 3.52. The van der Waals surface area contributed by atoms with Crippen molar-refractivity contribution in [2.24, 2.45) is 5.92 Å². The average Bonchev–Trinajstić information content (AvgIpc) is 3.03. The second-order valence-corrected chi connectivity index (χ2v) is 7.26. The first-order valence-electron chi connectivity index (χ1n) is 8.22. The van der Waals surface area contributed by atoms with Gasteiger partial charge in [-0.15, -0.1) is 12.4 Å². The molecule has 138 valence electrons. The molecule has 1 saturated heterocycles. The zero-order valence-electron chi connectivity index (χ0n) is 14.6. The first kappa shape index (κ1) is 20.2. The van der Waals surface area contributed by atoms with Crippen LogP contribution in [0.3, 0.4) is 0 Å². The molecule has 0 saturated carbocycles.